The Morgan fingerprint density at radius 2 is 1.27 bits per heavy atom. The molecule has 0 aliphatic carbocycles. The Labute approximate surface area is 470 Å². The van der Waals surface area contributed by atoms with E-state index in [2.05, 4.69) is 22.8 Å². The first-order valence-electron chi connectivity index (χ1n) is 28.1. The Kier molecular flexibility index (Phi) is 27.1. The number of allylic oxidation sites excluding steroid dienone is 4. The lowest BCUT2D eigenvalue weighted by molar-refractivity contribution is -0.160. The van der Waals surface area contributed by atoms with Crippen LogP contribution in [0.1, 0.15) is 126 Å². The summed E-state index contributed by atoms with van der Waals surface area (Å²) in [6.07, 6.45) is 13.6. The number of fused-ring (bicyclic) bond motifs is 1. The lowest BCUT2D eigenvalue weighted by Crippen LogP contribution is -2.62. The van der Waals surface area contributed by atoms with Crippen molar-refractivity contribution in [3.8, 4) is 0 Å². The number of carbonyl (C=O) groups is 9. The third kappa shape index (κ3) is 18.6. The molecule has 1 aromatic carbocycles. The molecular weight excluding hydrogens is 1010 g/mol. The number of nitrogens with zero attached hydrogens (tertiary/aromatic N) is 6. The fraction of sp³-hybridized carbons (Fsp3) is 0.650. The molecule has 1 saturated heterocycles. The highest BCUT2D eigenvalue weighted by Crippen LogP contribution is 2.27. The maximum atomic E-state index is 15.1. The highest BCUT2D eigenvalue weighted by molar-refractivity contribution is 6.00. The van der Waals surface area contributed by atoms with E-state index in [-0.39, 0.29) is 31.4 Å². The number of cyclic esters (lactones) is 1. The third-order valence-electron chi connectivity index (χ3n) is 15.4. The molecule has 440 valence electrons. The summed E-state index contributed by atoms with van der Waals surface area (Å²) in [5.41, 5.74) is 1.13. The van der Waals surface area contributed by atoms with Crippen LogP contribution in [0.4, 0.5) is 0 Å². The topological polar surface area (TPSA) is 216 Å². The molecule has 8 amide bonds. The molecule has 2 unspecified atom stereocenters. The lowest BCUT2D eigenvalue weighted by atomic mass is 9.95. The average Bonchev–Trinajstić information content (AvgIpc) is 3.99. The minimum atomic E-state index is -1.35. The molecule has 0 radical (unpaired) electrons. The molecule has 2 heterocycles. The van der Waals surface area contributed by atoms with Crippen LogP contribution in [0.15, 0.2) is 66.3 Å². The van der Waals surface area contributed by atoms with Crippen LogP contribution in [0.5, 0.6) is 0 Å². The summed E-state index contributed by atoms with van der Waals surface area (Å²) >= 11 is 0. The van der Waals surface area contributed by atoms with Crippen molar-refractivity contribution >= 4 is 53.2 Å². The van der Waals surface area contributed by atoms with Crippen LogP contribution >= 0.6 is 0 Å². The van der Waals surface area contributed by atoms with E-state index in [0.29, 0.717) is 24.8 Å². The standard InChI is InChI=1S/C60H94N8O11/c1-38(2)50-57(74)65(13)47(36-44-30-22-20-23-31-44)56(73)66(14)51(39(3)4)58(75)67(15)52(40(5)6)59(76)68-35-27-34-46(68)54(71)64(12)48(37-49(69)61-10)55(72)63(11)43(9)60(77)79-42(8)29-21-18-17-19-24-32-45(78-16)33-26-25-28-41(7)53(70)62-50/h17,19-20,22-23,25-26,28,30-31,38-40,42-43,45-48,50-52H,18,21,24,27,29,32-37H2,1-16H3,(H,61,69)(H,62,70)/b19-17+,26-25+,41-28+/t42?,43-,45?,46+,47-,48-,50+,51+,52-/m0/s1. The third-order valence-corrected chi connectivity index (χ3v) is 15.4. The van der Waals surface area contributed by atoms with Gasteiger partial charge in [0, 0.05) is 67.9 Å². The number of carbonyl (C=O) groups excluding carboxylic acids is 9. The van der Waals surface area contributed by atoms with Crippen LogP contribution in [0.2, 0.25) is 0 Å². The molecule has 1 fully saturated rings. The monoisotopic (exact) mass is 1100 g/mol. The first-order chi connectivity index (χ1) is 37.2. The van der Waals surface area contributed by atoms with Crippen molar-refractivity contribution < 1.29 is 52.6 Å². The molecule has 3 rings (SSSR count). The number of esters is 1. The van der Waals surface area contributed by atoms with Gasteiger partial charge in [0.2, 0.25) is 47.3 Å². The van der Waals surface area contributed by atoms with Gasteiger partial charge in [-0.3, -0.25) is 38.4 Å². The summed E-state index contributed by atoms with van der Waals surface area (Å²) in [7, 11) is 10.4. The highest BCUT2D eigenvalue weighted by atomic mass is 16.5. The predicted molar refractivity (Wildman–Crippen MR) is 305 cm³/mol. The summed E-state index contributed by atoms with van der Waals surface area (Å²) in [6.45, 7) is 15.9. The summed E-state index contributed by atoms with van der Waals surface area (Å²) < 4.78 is 11.5. The number of rotatable bonds is 8. The second-order valence-electron chi connectivity index (χ2n) is 22.4. The number of hydrogen-bond acceptors (Lipinski definition) is 11. The van der Waals surface area contributed by atoms with E-state index in [0.717, 1.165) is 31.2 Å². The summed E-state index contributed by atoms with van der Waals surface area (Å²) in [5.74, 6) is -6.31. The van der Waals surface area contributed by atoms with E-state index in [1.807, 2.05) is 50.3 Å². The van der Waals surface area contributed by atoms with Crippen molar-refractivity contribution in [3.63, 3.8) is 0 Å². The minimum absolute atomic E-state index is 0.0751. The van der Waals surface area contributed by atoms with Crippen LogP contribution in [-0.2, 0) is 59.0 Å². The Morgan fingerprint density at radius 3 is 1.86 bits per heavy atom. The largest absolute Gasteiger partial charge is 0.461 e. The zero-order valence-corrected chi connectivity index (χ0v) is 50.2. The first-order valence-corrected chi connectivity index (χ1v) is 28.1. The normalized spacial score (nSPS) is 28.1. The second kappa shape index (κ2) is 32.0. The van der Waals surface area contributed by atoms with Gasteiger partial charge in [0.1, 0.15) is 42.3 Å². The van der Waals surface area contributed by atoms with E-state index in [1.54, 1.807) is 60.8 Å². The summed E-state index contributed by atoms with van der Waals surface area (Å²) in [6, 6.07) is 1.35. The van der Waals surface area contributed by atoms with Gasteiger partial charge >= 0.3 is 5.97 Å². The SMILES string of the molecule is CNC(=O)C[C@H]1C(=O)N(C)[C@@H](C)C(=O)OC(C)CCC/C=C/CCC(OC)C/C=C/C=C(\C)C(=O)N[C@H](C(C)C)C(=O)N(C)[C@@H](Cc2ccccc2)C(=O)N(C)[C@H](C(C)C)C(=O)N(C)[C@@H](C(C)C)C(=O)N2CCC[C@@H]2C(=O)N1C. The Bertz CT molecular complexity index is 2340. The van der Waals surface area contributed by atoms with E-state index in [1.165, 1.54) is 78.6 Å². The van der Waals surface area contributed by atoms with Crippen molar-refractivity contribution in [3.05, 3.63) is 71.8 Å². The number of hydrogen-bond donors (Lipinski definition) is 2. The van der Waals surface area contributed by atoms with Crippen LogP contribution < -0.4 is 10.6 Å². The summed E-state index contributed by atoms with van der Waals surface area (Å²) in [4.78, 5) is 137. The van der Waals surface area contributed by atoms with E-state index in [9.17, 15) is 33.6 Å². The smallest absolute Gasteiger partial charge is 0.328 e. The van der Waals surface area contributed by atoms with Crippen LogP contribution in [0.25, 0.3) is 0 Å². The molecule has 19 heteroatoms. The number of amides is 8. The molecule has 9 atom stereocenters. The van der Waals surface area contributed by atoms with Crippen LogP contribution in [-0.4, -0.2) is 193 Å². The molecule has 2 aliphatic heterocycles. The van der Waals surface area contributed by atoms with Crippen molar-refractivity contribution in [2.24, 2.45) is 17.8 Å². The molecule has 19 nitrogen and oxygen atoms in total. The number of benzene rings is 1. The van der Waals surface area contributed by atoms with Gasteiger partial charge in [-0.25, -0.2) is 4.79 Å². The van der Waals surface area contributed by atoms with E-state index in [4.69, 9.17) is 9.47 Å². The van der Waals surface area contributed by atoms with E-state index < -0.39 is 120 Å². The van der Waals surface area contributed by atoms with Gasteiger partial charge in [-0.2, -0.15) is 0 Å². The quantitative estimate of drug-likeness (QED) is 0.251. The van der Waals surface area contributed by atoms with Crippen molar-refractivity contribution in [2.75, 3.05) is 55.9 Å². The maximum absolute atomic E-state index is 15.1. The number of nitrogens with one attached hydrogen (secondary N) is 2. The molecule has 2 N–H and O–H groups in total. The Morgan fingerprint density at radius 1 is 0.684 bits per heavy atom. The van der Waals surface area contributed by atoms with Gasteiger partial charge in [0.05, 0.1) is 18.6 Å². The molecule has 0 bridgehead atoms. The van der Waals surface area contributed by atoms with Crippen molar-refractivity contribution in [1.29, 1.82) is 0 Å². The van der Waals surface area contributed by atoms with Crippen LogP contribution in [0, 0.1) is 17.8 Å². The van der Waals surface area contributed by atoms with Gasteiger partial charge in [-0.15, -0.1) is 0 Å². The molecule has 1 aromatic rings. The molecule has 0 aromatic heterocycles. The molecule has 0 spiro atoms. The molecule has 0 saturated carbocycles. The van der Waals surface area contributed by atoms with Crippen molar-refractivity contribution in [1.82, 2.24) is 40.0 Å². The Balaban J connectivity index is 2.12. The van der Waals surface area contributed by atoms with Gasteiger partial charge < -0.3 is 49.5 Å². The zero-order valence-electron chi connectivity index (χ0n) is 50.2. The number of likely N-dealkylation sites (N-methyl/N-ethyl adjacent to an activating group) is 5. The first kappa shape index (κ1) is 66.9. The minimum Gasteiger partial charge on any atom is -0.461 e. The fourth-order valence-electron chi connectivity index (χ4n) is 10.2. The maximum Gasteiger partial charge on any atom is 0.328 e. The lowest BCUT2D eigenvalue weighted by Gasteiger charge is -2.41. The van der Waals surface area contributed by atoms with Crippen molar-refractivity contribution in [2.45, 2.75) is 181 Å². The predicted octanol–water partition coefficient (Wildman–Crippen LogP) is 5.32. The average molecular weight is 1100 g/mol. The van der Waals surface area contributed by atoms with Gasteiger partial charge in [-0.1, -0.05) is 102 Å². The van der Waals surface area contributed by atoms with Gasteiger partial charge in [-0.05, 0) is 95.5 Å². The van der Waals surface area contributed by atoms with E-state index >= 15 is 9.59 Å². The van der Waals surface area contributed by atoms with Gasteiger partial charge in [0.15, 0.2) is 0 Å². The number of ether oxygens (including phenoxy) is 2. The highest BCUT2D eigenvalue weighted by Gasteiger charge is 2.46. The zero-order chi connectivity index (χ0) is 59.4. The van der Waals surface area contributed by atoms with Crippen LogP contribution in [0.3, 0.4) is 0 Å². The molecule has 79 heavy (non-hydrogen) atoms. The molecule has 2 aliphatic rings. The Hall–Kier alpha value is -6.37. The second-order valence-corrected chi connectivity index (χ2v) is 22.4. The van der Waals surface area contributed by atoms with Gasteiger partial charge in [0.25, 0.3) is 0 Å². The number of methoxy groups -OCH3 is 1. The molecular formula is C60H94N8O11. The fourth-order valence-corrected chi connectivity index (χ4v) is 10.2. The summed E-state index contributed by atoms with van der Waals surface area (Å²) in [5, 5.41) is 5.44.